The van der Waals surface area contributed by atoms with Crippen LogP contribution >= 0.6 is 0 Å². The molecule has 0 atom stereocenters. The molecule has 1 aliphatic rings. The molecule has 0 unspecified atom stereocenters. The second-order valence-corrected chi connectivity index (χ2v) is 4.88. The lowest BCUT2D eigenvalue weighted by Crippen LogP contribution is -2.22. The van der Waals surface area contributed by atoms with Crippen molar-refractivity contribution in [3.63, 3.8) is 0 Å². The van der Waals surface area contributed by atoms with Crippen molar-refractivity contribution in [2.45, 2.75) is 39.5 Å². The van der Waals surface area contributed by atoms with Crippen LogP contribution in [0.15, 0.2) is 30.9 Å². The summed E-state index contributed by atoms with van der Waals surface area (Å²) in [6.07, 6.45) is 6.29. The number of benzene rings is 1. The van der Waals surface area contributed by atoms with Crippen molar-refractivity contribution in [2.24, 2.45) is 5.92 Å². The van der Waals surface area contributed by atoms with E-state index in [1.807, 2.05) is 19.9 Å². The third kappa shape index (κ3) is 7.14. The molecule has 0 spiro atoms. The molecule has 0 aliphatic heterocycles. The van der Waals surface area contributed by atoms with Gasteiger partial charge < -0.3 is 10.2 Å². The number of hydrogen-bond donors (Lipinski definition) is 2. The van der Waals surface area contributed by atoms with Crippen molar-refractivity contribution in [3.05, 3.63) is 36.7 Å². The summed E-state index contributed by atoms with van der Waals surface area (Å²) >= 11 is 0. The number of unbranched alkanes of at least 4 members (excludes halogenated alkanes) is 1. The van der Waals surface area contributed by atoms with Gasteiger partial charge in [-0.2, -0.15) is 0 Å². The van der Waals surface area contributed by atoms with Crippen LogP contribution in [0.3, 0.4) is 0 Å². The first-order chi connectivity index (χ1) is 10.3. The van der Waals surface area contributed by atoms with E-state index in [2.05, 4.69) is 17.4 Å². The summed E-state index contributed by atoms with van der Waals surface area (Å²) in [6, 6.07) is 4.81. The average molecular weight is 294 g/mol. The van der Waals surface area contributed by atoms with Gasteiger partial charge in [0.15, 0.2) is 11.6 Å². The summed E-state index contributed by atoms with van der Waals surface area (Å²) in [4.78, 5) is 0. The fourth-order valence-electron chi connectivity index (χ4n) is 1.68. The number of ether oxygens (including phenoxy) is 1. The van der Waals surface area contributed by atoms with Crippen LogP contribution in [-0.4, -0.2) is 13.2 Å². The van der Waals surface area contributed by atoms with Crippen molar-refractivity contribution < 1.29 is 9.13 Å². The van der Waals surface area contributed by atoms with E-state index in [4.69, 9.17) is 4.74 Å². The third-order valence-electron chi connectivity index (χ3n) is 3.05. The second-order valence-electron chi connectivity index (χ2n) is 4.88. The van der Waals surface area contributed by atoms with Crippen LogP contribution in [0.5, 0.6) is 5.75 Å². The molecule has 0 amide bonds. The normalized spacial score (nSPS) is 13.1. The Bertz CT molecular complexity index is 419. The van der Waals surface area contributed by atoms with Crippen molar-refractivity contribution in [1.29, 1.82) is 0 Å². The van der Waals surface area contributed by atoms with Crippen LogP contribution in [0.25, 0.3) is 0 Å². The maximum Gasteiger partial charge on any atom is 0.165 e. The first-order valence-electron chi connectivity index (χ1n) is 7.81. The van der Waals surface area contributed by atoms with Crippen molar-refractivity contribution in [2.75, 3.05) is 18.6 Å². The molecule has 0 heterocycles. The molecule has 0 aromatic heterocycles. The standard InChI is InChI=1S/C15H21FN2O.C2H6/c1-2-3-4-9-17-18-13-7-8-14(16)15(10-13)19-11-12-5-6-12;1-2/h2,7-8,10,12,17-18H,1,3-6,9,11H2;1-2H3. The molecule has 0 bridgehead atoms. The van der Waals surface area contributed by atoms with Gasteiger partial charge in [-0.15, -0.1) is 6.58 Å². The lowest BCUT2D eigenvalue weighted by atomic mass is 10.3. The highest BCUT2D eigenvalue weighted by atomic mass is 19.1. The quantitative estimate of drug-likeness (QED) is 0.399. The van der Waals surface area contributed by atoms with E-state index >= 15 is 0 Å². The van der Waals surface area contributed by atoms with Gasteiger partial charge in [0, 0.05) is 12.6 Å². The monoisotopic (exact) mass is 294 g/mol. The summed E-state index contributed by atoms with van der Waals surface area (Å²) in [5.74, 6) is 0.635. The van der Waals surface area contributed by atoms with Gasteiger partial charge in [0.05, 0.1) is 12.3 Å². The zero-order valence-corrected chi connectivity index (χ0v) is 13.1. The summed E-state index contributed by atoms with van der Waals surface area (Å²) in [5.41, 5.74) is 6.94. The number of nitrogens with one attached hydrogen (secondary N) is 2. The van der Waals surface area contributed by atoms with Gasteiger partial charge in [-0.1, -0.05) is 19.9 Å². The number of halogens is 1. The fraction of sp³-hybridized carbons (Fsp3) is 0.529. The minimum Gasteiger partial charge on any atom is -0.490 e. The molecule has 118 valence electrons. The van der Waals surface area contributed by atoms with E-state index in [9.17, 15) is 4.39 Å². The molecule has 1 fully saturated rings. The molecule has 2 N–H and O–H groups in total. The predicted octanol–water partition coefficient (Wildman–Crippen LogP) is 4.52. The van der Waals surface area contributed by atoms with E-state index < -0.39 is 0 Å². The molecule has 1 aromatic carbocycles. The number of rotatable bonds is 9. The molecular formula is C17H27FN2O. The SMILES string of the molecule is C=CCCCNNc1ccc(F)c(OCC2CC2)c1.CC. The third-order valence-corrected chi connectivity index (χ3v) is 3.05. The number of hydrogen-bond acceptors (Lipinski definition) is 3. The van der Waals surface area contributed by atoms with Crippen LogP contribution in [0.4, 0.5) is 10.1 Å². The Balaban J connectivity index is 0.00000106. The van der Waals surface area contributed by atoms with Crippen LogP contribution in [-0.2, 0) is 0 Å². The lowest BCUT2D eigenvalue weighted by Gasteiger charge is -2.11. The van der Waals surface area contributed by atoms with Crippen molar-refractivity contribution in [3.8, 4) is 5.75 Å². The zero-order valence-electron chi connectivity index (χ0n) is 13.1. The first-order valence-corrected chi connectivity index (χ1v) is 7.81. The lowest BCUT2D eigenvalue weighted by molar-refractivity contribution is 0.285. The average Bonchev–Trinajstić information content (AvgIpc) is 3.33. The highest BCUT2D eigenvalue weighted by molar-refractivity contribution is 5.48. The molecule has 1 aliphatic carbocycles. The van der Waals surface area contributed by atoms with E-state index in [0.717, 1.165) is 25.1 Å². The van der Waals surface area contributed by atoms with E-state index in [-0.39, 0.29) is 5.82 Å². The van der Waals surface area contributed by atoms with Crippen LogP contribution in [0, 0.1) is 11.7 Å². The highest BCUT2D eigenvalue weighted by Gasteiger charge is 2.22. The van der Waals surface area contributed by atoms with Gasteiger partial charge in [0.1, 0.15) is 0 Å². The number of hydrazine groups is 1. The maximum atomic E-state index is 13.5. The predicted molar refractivity (Wildman–Crippen MR) is 87.0 cm³/mol. The van der Waals surface area contributed by atoms with Crippen LogP contribution < -0.4 is 15.6 Å². The zero-order chi connectivity index (χ0) is 15.5. The Morgan fingerprint density at radius 1 is 1.38 bits per heavy atom. The molecule has 0 radical (unpaired) electrons. The number of anilines is 1. The van der Waals surface area contributed by atoms with Gasteiger partial charge in [-0.05, 0) is 43.7 Å². The minimum atomic E-state index is -0.308. The topological polar surface area (TPSA) is 33.3 Å². The summed E-state index contributed by atoms with van der Waals surface area (Å²) in [7, 11) is 0. The van der Waals surface area contributed by atoms with Gasteiger partial charge in [-0.3, -0.25) is 0 Å². The molecule has 3 nitrogen and oxygen atoms in total. The second kappa shape index (κ2) is 10.2. The highest BCUT2D eigenvalue weighted by Crippen LogP contribution is 2.30. The Kier molecular flexibility index (Phi) is 8.51. The van der Waals surface area contributed by atoms with Crippen molar-refractivity contribution >= 4 is 5.69 Å². The Morgan fingerprint density at radius 2 is 2.14 bits per heavy atom. The summed E-state index contributed by atoms with van der Waals surface area (Å²) in [6.45, 7) is 9.12. The van der Waals surface area contributed by atoms with Gasteiger partial charge in [-0.25, -0.2) is 9.82 Å². The summed E-state index contributed by atoms with van der Waals surface area (Å²) in [5, 5.41) is 0. The minimum absolute atomic E-state index is 0.308. The Hall–Kier alpha value is -1.55. The molecule has 4 heteroatoms. The Labute approximate surface area is 127 Å². The maximum absolute atomic E-state index is 13.5. The molecule has 1 aromatic rings. The summed E-state index contributed by atoms with van der Waals surface area (Å²) < 4.78 is 19.0. The van der Waals surface area contributed by atoms with Gasteiger partial charge >= 0.3 is 0 Å². The number of allylic oxidation sites excluding steroid dienone is 1. The first kappa shape index (κ1) is 17.5. The van der Waals surface area contributed by atoms with Gasteiger partial charge in [0.2, 0.25) is 0 Å². The molecule has 2 rings (SSSR count). The van der Waals surface area contributed by atoms with E-state index in [0.29, 0.717) is 18.3 Å². The Morgan fingerprint density at radius 3 is 2.81 bits per heavy atom. The van der Waals surface area contributed by atoms with E-state index in [1.165, 1.54) is 18.9 Å². The van der Waals surface area contributed by atoms with Crippen LogP contribution in [0.2, 0.25) is 0 Å². The smallest absolute Gasteiger partial charge is 0.165 e. The van der Waals surface area contributed by atoms with Gasteiger partial charge in [0.25, 0.3) is 0 Å². The molecule has 0 saturated heterocycles. The van der Waals surface area contributed by atoms with Crippen molar-refractivity contribution in [1.82, 2.24) is 5.43 Å². The molecule has 21 heavy (non-hydrogen) atoms. The fourth-order valence-corrected chi connectivity index (χ4v) is 1.68. The molecule has 1 saturated carbocycles. The molecular weight excluding hydrogens is 267 g/mol. The van der Waals surface area contributed by atoms with E-state index in [1.54, 1.807) is 12.1 Å². The van der Waals surface area contributed by atoms with Crippen LogP contribution in [0.1, 0.15) is 39.5 Å². The largest absolute Gasteiger partial charge is 0.490 e.